The zero-order valence-corrected chi connectivity index (χ0v) is 11.6. The summed E-state index contributed by atoms with van der Waals surface area (Å²) in [6.07, 6.45) is 0. The predicted molar refractivity (Wildman–Crippen MR) is 70.3 cm³/mol. The number of aryl methyl sites for hydroxylation is 1. The van der Waals surface area contributed by atoms with Crippen molar-refractivity contribution in [3.63, 3.8) is 0 Å². The zero-order valence-electron chi connectivity index (χ0n) is 7.53. The molecule has 14 heavy (non-hydrogen) atoms. The van der Waals surface area contributed by atoms with Gasteiger partial charge in [0.1, 0.15) is 0 Å². The molecule has 0 aliphatic carbocycles. The normalized spacial score (nSPS) is 9.57. The van der Waals surface area contributed by atoms with Gasteiger partial charge in [-0.25, -0.2) is 4.98 Å². The Kier molecular flexibility index (Phi) is 4.29. The van der Waals surface area contributed by atoms with Crippen molar-refractivity contribution >= 4 is 44.2 Å². The Hall–Kier alpha value is -0.190. The van der Waals surface area contributed by atoms with Gasteiger partial charge in [0.2, 0.25) is 0 Å². The number of nitrogens with zero attached hydrogens (tertiary/aromatic N) is 1. The van der Waals surface area contributed by atoms with Gasteiger partial charge in [-0.1, -0.05) is 28.1 Å². The van der Waals surface area contributed by atoms with E-state index in [0.29, 0.717) is 0 Å². The molecule has 0 spiro atoms. The summed E-state index contributed by atoms with van der Waals surface area (Å²) in [5.74, 6) is 0. The fourth-order valence-corrected chi connectivity index (χ4v) is 2.00. The lowest BCUT2D eigenvalue weighted by atomic mass is 10.2. The van der Waals surface area contributed by atoms with Crippen LogP contribution in [0.1, 0.15) is 5.01 Å². The Morgan fingerprint density at radius 1 is 1.21 bits per heavy atom. The zero-order chi connectivity index (χ0) is 9.26. The van der Waals surface area contributed by atoms with Crippen LogP contribution in [-0.2, 0) is 0 Å². The van der Waals surface area contributed by atoms with E-state index in [2.05, 4.69) is 38.4 Å². The summed E-state index contributed by atoms with van der Waals surface area (Å²) < 4.78 is 1.10. The van der Waals surface area contributed by atoms with E-state index in [0.717, 1.165) is 15.2 Å². The van der Waals surface area contributed by atoms with Crippen molar-refractivity contribution in [2.75, 3.05) is 0 Å². The molecule has 1 heterocycles. The number of hydrogen-bond acceptors (Lipinski definition) is 2. The summed E-state index contributed by atoms with van der Waals surface area (Å²) in [7, 11) is 0. The third-order valence-electron chi connectivity index (χ3n) is 1.76. The van der Waals surface area contributed by atoms with Crippen LogP contribution in [0.25, 0.3) is 11.3 Å². The molecule has 0 saturated carbocycles. The Labute approximate surface area is 106 Å². The van der Waals surface area contributed by atoms with E-state index in [1.165, 1.54) is 5.56 Å². The second-order valence-electron chi connectivity index (χ2n) is 2.76. The Morgan fingerprint density at radius 3 is 2.36 bits per heavy atom. The maximum Gasteiger partial charge on any atom is 0.0901 e. The molecule has 0 bridgehead atoms. The van der Waals surface area contributed by atoms with Crippen molar-refractivity contribution in [3.05, 3.63) is 39.1 Å². The van der Waals surface area contributed by atoms with E-state index >= 15 is 0 Å². The molecular weight excluding hydrogens is 326 g/mol. The van der Waals surface area contributed by atoms with Crippen molar-refractivity contribution in [2.24, 2.45) is 0 Å². The molecule has 0 N–H and O–H groups in total. The predicted octanol–water partition coefficient (Wildman–Crippen LogP) is 4.46. The van der Waals surface area contributed by atoms with Gasteiger partial charge in [0.05, 0.1) is 10.7 Å². The number of halogens is 2. The largest absolute Gasteiger partial charge is 0.242 e. The average Bonchev–Trinajstić information content (AvgIpc) is 2.53. The summed E-state index contributed by atoms with van der Waals surface area (Å²) in [6.45, 7) is 2.02. The number of hydrogen-bond donors (Lipinski definition) is 0. The van der Waals surface area contributed by atoms with Crippen LogP contribution in [0.3, 0.4) is 0 Å². The van der Waals surface area contributed by atoms with Crippen LogP contribution in [0.2, 0.25) is 0 Å². The highest BCUT2D eigenvalue weighted by atomic mass is 79.9. The lowest BCUT2D eigenvalue weighted by Gasteiger charge is -1.95. The van der Waals surface area contributed by atoms with Crippen LogP contribution in [-0.4, -0.2) is 4.98 Å². The molecule has 0 atom stereocenters. The number of rotatable bonds is 1. The Morgan fingerprint density at radius 2 is 1.86 bits per heavy atom. The number of thiazole rings is 1. The third kappa shape index (κ3) is 2.65. The molecule has 1 aromatic carbocycles. The second-order valence-corrected chi connectivity index (χ2v) is 4.74. The first-order chi connectivity index (χ1) is 6.25. The Bertz CT molecular complexity index is 408. The summed E-state index contributed by atoms with van der Waals surface area (Å²) in [4.78, 5) is 4.41. The first-order valence-electron chi connectivity index (χ1n) is 3.94. The summed E-state index contributed by atoms with van der Waals surface area (Å²) in [5, 5.41) is 3.19. The monoisotopic (exact) mass is 333 g/mol. The van der Waals surface area contributed by atoms with E-state index in [4.69, 9.17) is 0 Å². The van der Waals surface area contributed by atoms with Gasteiger partial charge in [-0.05, 0) is 19.1 Å². The van der Waals surface area contributed by atoms with Gasteiger partial charge in [-0.3, -0.25) is 0 Å². The molecule has 0 aliphatic heterocycles. The van der Waals surface area contributed by atoms with Gasteiger partial charge < -0.3 is 0 Å². The van der Waals surface area contributed by atoms with Crippen LogP contribution < -0.4 is 0 Å². The van der Waals surface area contributed by atoms with Gasteiger partial charge in [-0.15, -0.1) is 28.3 Å². The quantitative estimate of drug-likeness (QED) is 0.750. The first kappa shape index (κ1) is 11.9. The van der Waals surface area contributed by atoms with E-state index < -0.39 is 0 Å². The van der Waals surface area contributed by atoms with Crippen molar-refractivity contribution in [1.82, 2.24) is 4.98 Å². The van der Waals surface area contributed by atoms with Gasteiger partial charge in [0.15, 0.2) is 0 Å². The molecule has 0 fully saturated rings. The first-order valence-corrected chi connectivity index (χ1v) is 5.61. The molecule has 74 valence electrons. The molecule has 4 heteroatoms. The minimum absolute atomic E-state index is 0. The highest BCUT2D eigenvalue weighted by molar-refractivity contribution is 9.10. The van der Waals surface area contributed by atoms with E-state index in [1.807, 2.05) is 19.1 Å². The van der Waals surface area contributed by atoms with Crippen LogP contribution in [0.5, 0.6) is 0 Å². The fraction of sp³-hybridized carbons (Fsp3) is 0.100. The van der Waals surface area contributed by atoms with Crippen LogP contribution >= 0.6 is 44.2 Å². The van der Waals surface area contributed by atoms with Crippen molar-refractivity contribution in [1.29, 1.82) is 0 Å². The summed E-state index contributed by atoms with van der Waals surface area (Å²) >= 11 is 5.09. The van der Waals surface area contributed by atoms with Crippen LogP contribution in [0.15, 0.2) is 34.1 Å². The lowest BCUT2D eigenvalue weighted by Crippen LogP contribution is -1.76. The molecule has 1 aromatic heterocycles. The highest BCUT2D eigenvalue weighted by Crippen LogP contribution is 2.22. The molecule has 2 rings (SSSR count). The lowest BCUT2D eigenvalue weighted by molar-refractivity contribution is 1.30. The van der Waals surface area contributed by atoms with E-state index in [-0.39, 0.29) is 17.0 Å². The van der Waals surface area contributed by atoms with Crippen LogP contribution in [0.4, 0.5) is 0 Å². The SMILES string of the molecule is Br.Cc1nc(-c2ccc(Br)cc2)cs1. The Balaban J connectivity index is 0.000000980. The van der Waals surface area contributed by atoms with Gasteiger partial charge in [0.25, 0.3) is 0 Å². The maximum absolute atomic E-state index is 4.41. The minimum Gasteiger partial charge on any atom is -0.242 e. The van der Waals surface area contributed by atoms with Crippen molar-refractivity contribution in [3.8, 4) is 11.3 Å². The van der Waals surface area contributed by atoms with Crippen LogP contribution in [0, 0.1) is 6.92 Å². The highest BCUT2D eigenvalue weighted by Gasteiger charge is 2.00. The fourth-order valence-electron chi connectivity index (χ4n) is 1.12. The molecule has 0 radical (unpaired) electrons. The molecule has 0 amide bonds. The summed E-state index contributed by atoms with van der Waals surface area (Å²) in [5.41, 5.74) is 2.24. The molecule has 2 aromatic rings. The third-order valence-corrected chi connectivity index (χ3v) is 3.06. The van der Waals surface area contributed by atoms with Crippen molar-refractivity contribution in [2.45, 2.75) is 6.92 Å². The molecule has 1 nitrogen and oxygen atoms in total. The molecule has 0 saturated heterocycles. The maximum atomic E-state index is 4.41. The smallest absolute Gasteiger partial charge is 0.0901 e. The van der Waals surface area contributed by atoms with Gasteiger partial charge in [0, 0.05) is 15.4 Å². The molecular formula is C10H9Br2NS. The average molecular weight is 335 g/mol. The van der Waals surface area contributed by atoms with E-state index in [1.54, 1.807) is 11.3 Å². The van der Waals surface area contributed by atoms with Gasteiger partial charge in [-0.2, -0.15) is 0 Å². The minimum atomic E-state index is 0. The number of benzene rings is 1. The molecule has 0 unspecified atom stereocenters. The topological polar surface area (TPSA) is 12.9 Å². The summed E-state index contributed by atoms with van der Waals surface area (Å²) in [6, 6.07) is 8.20. The molecule has 0 aliphatic rings. The van der Waals surface area contributed by atoms with Gasteiger partial charge >= 0.3 is 0 Å². The standard InChI is InChI=1S/C10H8BrNS.BrH/c1-7-12-10(6-13-7)8-2-4-9(11)5-3-8;/h2-6H,1H3;1H. The second kappa shape index (κ2) is 5.05. The van der Waals surface area contributed by atoms with E-state index in [9.17, 15) is 0 Å². The van der Waals surface area contributed by atoms with Crippen molar-refractivity contribution < 1.29 is 0 Å². The number of aromatic nitrogens is 1.